The average Bonchev–Trinajstić information content (AvgIpc) is 2.04. The molecule has 72 valence electrons. The summed E-state index contributed by atoms with van der Waals surface area (Å²) in [7, 11) is 0. The van der Waals surface area contributed by atoms with E-state index in [1.165, 1.54) is 0 Å². The van der Waals surface area contributed by atoms with Crippen LogP contribution in [-0.2, 0) is 0 Å². The molecule has 3 heteroatoms. The maximum Gasteiger partial charge on any atom is 0.217 e. The minimum absolute atomic E-state index is 0.421. The number of hydrogen-bond donors (Lipinski definition) is 0. The van der Waals surface area contributed by atoms with Gasteiger partial charge in [0.15, 0.2) is 0 Å². The fourth-order valence-electron chi connectivity index (χ4n) is 1.00. The fourth-order valence-corrected chi connectivity index (χ4v) is 2.17. The van der Waals surface area contributed by atoms with E-state index in [1.54, 1.807) is 0 Å². The van der Waals surface area contributed by atoms with Crippen LogP contribution in [0.5, 0.6) is 5.75 Å². The molecular formula is C10H12Br2O. The molecule has 0 aliphatic rings. The Morgan fingerprint density at radius 2 is 1.85 bits per heavy atom. The predicted octanol–water partition coefficient (Wildman–Crippen LogP) is 4.31. The van der Waals surface area contributed by atoms with Crippen LogP contribution in [0.15, 0.2) is 30.3 Å². The van der Waals surface area contributed by atoms with Crippen molar-refractivity contribution >= 4 is 31.9 Å². The largest absolute Gasteiger partial charge is 0.466 e. The lowest BCUT2D eigenvalue weighted by molar-refractivity contribution is 0.258. The molecular weight excluding hydrogens is 296 g/mol. The molecule has 13 heavy (non-hydrogen) atoms. The van der Waals surface area contributed by atoms with Crippen molar-refractivity contribution in [1.82, 2.24) is 0 Å². The number of halogens is 2. The molecule has 1 aromatic carbocycles. The van der Waals surface area contributed by atoms with Gasteiger partial charge in [-0.3, -0.25) is 0 Å². The second-order valence-electron chi connectivity index (χ2n) is 2.80. The number of alkyl halides is 2. The van der Waals surface area contributed by atoms with Gasteiger partial charge in [-0.05, 0) is 44.0 Å². The molecule has 0 aliphatic heterocycles. The first kappa shape index (κ1) is 11.1. The van der Waals surface area contributed by atoms with Crippen molar-refractivity contribution in [2.24, 2.45) is 0 Å². The van der Waals surface area contributed by atoms with Crippen LogP contribution in [0.4, 0.5) is 0 Å². The van der Waals surface area contributed by atoms with E-state index in [4.69, 9.17) is 4.74 Å². The van der Waals surface area contributed by atoms with E-state index < -0.39 is 3.42 Å². The summed E-state index contributed by atoms with van der Waals surface area (Å²) in [6, 6.07) is 9.76. The van der Waals surface area contributed by atoms with Gasteiger partial charge < -0.3 is 4.74 Å². The van der Waals surface area contributed by atoms with Gasteiger partial charge >= 0.3 is 0 Å². The Morgan fingerprint density at radius 1 is 1.23 bits per heavy atom. The Labute approximate surface area is 95.7 Å². The van der Waals surface area contributed by atoms with Crippen LogP contribution in [0.1, 0.15) is 19.8 Å². The number of ether oxygens (including phenoxy) is 1. The van der Waals surface area contributed by atoms with Gasteiger partial charge in [-0.2, -0.15) is 0 Å². The molecule has 1 aromatic rings. The summed E-state index contributed by atoms with van der Waals surface area (Å²) < 4.78 is 5.26. The van der Waals surface area contributed by atoms with Crippen molar-refractivity contribution in [3.05, 3.63) is 30.3 Å². The molecule has 0 atom stereocenters. The van der Waals surface area contributed by atoms with Crippen LogP contribution in [0.2, 0.25) is 0 Å². The van der Waals surface area contributed by atoms with Crippen LogP contribution >= 0.6 is 31.9 Å². The van der Waals surface area contributed by atoms with Gasteiger partial charge in [-0.1, -0.05) is 31.5 Å². The Kier molecular flexibility index (Phi) is 4.26. The normalized spacial score (nSPS) is 11.3. The second kappa shape index (κ2) is 5.01. The Morgan fingerprint density at radius 3 is 2.38 bits per heavy atom. The molecule has 0 N–H and O–H groups in total. The number of para-hydroxylation sites is 1. The summed E-state index contributed by atoms with van der Waals surface area (Å²) in [4.78, 5) is 0. The minimum Gasteiger partial charge on any atom is -0.466 e. The first-order valence-corrected chi connectivity index (χ1v) is 5.84. The van der Waals surface area contributed by atoms with Gasteiger partial charge in [-0.25, -0.2) is 0 Å². The molecule has 1 rings (SSSR count). The summed E-state index contributed by atoms with van der Waals surface area (Å²) in [6.45, 7) is 2.12. The first-order chi connectivity index (χ1) is 6.14. The highest BCUT2D eigenvalue weighted by atomic mass is 79.9. The van der Waals surface area contributed by atoms with Crippen molar-refractivity contribution < 1.29 is 4.74 Å². The molecule has 0 spiro atoms. The molecule has 0 saturated heterocycles. The monoisotopic (exact) mass is 306 g/mol. The summed E-state index contributed by atoms with van der Waals surface area (Å²) in [5, 5.41) is 0. The van der Waals surface area contributed by atoms with Crippen molar-refractivity contribution in [3.8, 4) is 5.75 Å². The average molecular weight is 308 g/mol. The summed E-state index contributed by atoms with van der Waals surface area (Å²) >= 11 is 6.95. The van der Waals surface area contributed by atoms with E-state index >= 15 is 0 Å². The third-order valence-electron chi connectivity index (χ3n) is 1.55. The molecule has 0 heterocycles. The van der Waals surface area contributed by atoms with Gasteiger partial charge in [0.25, 0.3) is 0 Å². The Bertz CT molecular complexity index is 246. The third-order valence-corrected chi connectivity index (χ3v) is 2.67. The second-order valence-corrected chi connectivity index (χ2v) is 6.43. The number of benzene rings is 1. The third kappa shape index (κ3) is 4.14. The van der Waals surface area contributed by atoms with Crippen LogP contribution in [0.25, 0.3) is 0 Å². The number of rotatable bonds is 4. The lowest BCUT2D eigenvalue weighted by atomic mass is 10.3. The number of hydrogen-bond acceptors (Lipinski definition) is 1. The maximum absolute atomic E-state index is 5.68. The van der Waals surface area contributed by atoms with Gasteiger partial charge in [0.05, 0.1) is 0 Å². The van der Waals surface area contributed by atoms with E-state index in [9.17, 15) is 0 Å². The van der Waals surface area contributed by atoms with Crippen molar-refractivity contribution in [3.63, 3.8) is 0 Å². The smallest absolute Gasteiger partial charge is 0.217 e. The highest BCUT2D eigenvalue weighted by Crippen LogP contribution is 2.34. The zero-order valence-corrected chi connectivity index (χ0v) is 10.6. The van der Waals surface area contributed by atoms with Crippen LogP contribution in [0.3, 0.4) is 0 Å². The van der Waals surface area contributed by atoms with Crippen LogP contribution < -0.4 is 4.74 Å². The Balaban J connectivity index is 2.58. The maximum atomic E-state index is 5.68. The van der Waals surface area contributed by atoms with Gasteiger partial charge in [0.1, 0.15) is 5.75 Å². The lowest BCUT2D eigenvalue weighted by Crippen LogP contribution is -2.19. The van der Waals surface area contributed by atoms with Gasteiger partial charge in [0.2, 0.25) is 3.42 Å². The first-order valence-electron chi connectivity index (χ1n) is 4.26. The zero-order valence-electron chi connectivity index (χ0n) is 7.47. The molecule has 0 saturated carbocycles. The van der Waals surface area contributed by atoms with E-state index in [0.717, 1.165) is 18.6 Å². The minimum atomic E-state index is -0.421. The van der Waals surface area contributed by atoms with Crippen LogP contribution in [-0.4, -0.2) is 3.42 Å². The van der Waals surface area contributed by atoms with E-state index in [1.807, 2.05) is 30.3 Å². The summed E-state index contributed by atoms with van der Waals surface area (Å²) in [5.74, 6) is 0.865. The SMILES string of the molecule is CCCC(Br)(Br)Oc1ccccc1. The molecule has 0 unspecified atom stereocenters. The molecule has 1 nitrogen and oxygen atoms in total. The zero-order chi connectivity index (χ0) is 9.73. The highest BCUT2D eigenvalue weighted by Gasteiger charge is 2.22. The molecule has 0 aliphatic carbocycles. The molecule has 0 fully saturated rings. The van der Waals surface area contributed by atoms with E-state index in [2.05, 4.69) is 38.8 Å². The quantitative estimate of drug-likeness (QED) is 0.753. The van der Waals surface area contributed by atoms with Crippen molar-refractivity contribution in [2.75, 3.05) is 0 Å². The fraction of sp³-hybridized carbons (Fsp3) is 0.400. The van der Waals surface area contributed by atoms with Crippen molar-refractivity contribution in [1.29, 1.82) is 0 Å². The van der Waals surface area contributed by atoms with Gasteiger partial charge in [0, 0.05) is 6.42 Å². The topological polar surface area (TPSA) is 9.23 Å². The van der Waals surface area contributed by atoms with E-state index in [0.29, 0.717) is 0 Å². The molecule has 0 bridgehead atoms. The Hall–Kier alpha value is -0.0200. The molecule has 0 aromatic heterocycles. The molecule has 0 amide bonds. The molecule has 0 radical (unpaired) electrons. The lowest BCUT2D eigenvalue weighted by Gasteiger charge is -2.21. The van der Waals surface area contributed by atoms with Crippen LogP contribution in [0, 0.1) is 0 Å². The van der Waals surface area contributed by atoms with Gasteiger partial charge in [-0.15, -0.1) is 0 Å². The standard InChI is InChI=1S/C10H12Br2O/c1-2-8-10(11,12)13-9-6-4-3-5-7-9/h3-7H,2,8H2,1H3. The van der Waals surface area contributed by atoms with E-state index in [-0.39, 0.29) is 0 Å². The summed E-state index contributed by atoms with van der Waals surface area (Å²) in [6.07, 6.45) is 1.98. The highest BCUT2D eigenvalue weighted by molar-refractivity contribution is 9.25. The van der Waals surface area contributed by atoms with Crippen molar-refractivity contribution in [2.45, 2.75) is 23.2 Å². The summed E-state index contributed by atoms with van der Waals surface area (Å²) in [5.41, 5.74) is 0. The predicted molar refractivity (Wildman–Crippen MR) is 62.6 cm³/mol.